The molecule has 0 spiro atoms. The minimum absolute atomic E-state index is 0.0664. The van der Waals surface area contributed by atoms with E-state index in [2.05, 4.69) is 5.32 Å². The molecule has 17 heavy (non-hydrogen) atoms. The number of anilines is 1. The molecule has 1 heterocycles. The molecular weight excluding hydrogens is 253 g/mol. The van der Waals surface area contributed by atoms with Crippen LogP contribution in [0.15, 0.2) is 23.1 Å². The number of fused-ring (bicyclic) bond motifs is 1. The van der Waals surface area contributed by atoms with Crippen molar-refractivity contribution in [2.24, 2.45) is 0 Å². The molecule has 3 nitrogen and oxygen atoms in total. The molecule has 0 amide bonds. The maximum Gasteiger partial charge on any atom is 0.402 e. The maximum absolute atomic E-state index is 12.3. The summed E-state index contributed by atoms with van der Waals surface area (Å²) in [4.78, 5) is 0.466. The minimum atomic E-state index is -4.33. The van der Waals surface area contributed by atoms with Crippen LogP contribution in [0.5, 0.6) is 0 Å². The molecule has 1 aromatic rings. The minimum Gasteiger partial charge on any atom is -0.388 e. The second-order valence-electron chi connectivity index (χ2n) is 3.73. The van der Waals surface area contributed by atoms with E-state index in [0.29, 0.717) is 10.5 Å². The third-order valence-electron chi connectivity index (χ3n) is 2.47. The summed E-state index contributed by atoms with van der Waals surface area (Å²) in [6, 6.07) is 5.03. The van der Waals surface area contributed by atoms with Crippen LogP contribution in [0.4, 0.5) is 18.9 Å². The van der Waals surface area contributed by atoms with Crippen LogP contribution in [-0.4, -0.2) is 28.3 Å². The van der Waals surface area contributed by atoms with Gasteiger partial charge >= 0.3 is 6.18 Å². The van der Waals surface area contributed by atoms with Crippen molar-refractivity contribution in [3.05, 3.63) is 23.8 Å². The molecular formula is C10H11F3N2OS. The molecule has 0 fully saturated rings. The Bertz CT molecular complexity index is 461. The summed E-state index contributed by atoms with van der Waals surface area (Å²) >= 11 is 0. The van der Waals surface area contributed by atoms with Crippen molar-refractivity contribution in [2.45, 2.75) is 17.6 Å². The Morgan fingerprint density at radius 2 is 2.18 bits per heavy atom. The topological polar surface area (TPSA) is 32.3 Å². The molecule has 0 saturated heterocycles. The van der Waals surface area contributed by atoms with Crippen molar-refractivity contribution in [1.82, 2.24) is 4.31 Å². The van der Waals surface area contributed by atoms with Crippen LogP contribution in [0.2, 0.25) is 0 Å². The van der Waals surface area contributed by atoms with Crippen molar-refractivity contribution < 1.29 is 17.4 Å². The summed E-state index contributed by atoms with van der Waals surface area (Å²) in [7, 11) is 0.0166. The predicted molar refractivity (Wildman–Crippen MR) is 58.9 cm³/mol. The van der Waals surface area contributed by atoms with Gasteiger partial charge in [0, 0.05) is 19.3 Å². The molecule has 1 N–H and O–H groups in total. The van der Waals surface area contributed by atoms with E-state index in [1.807, 2.05) is 0 Å². The summed E-state index contributed by atoms with van der Waals surface area (Å²) in [6.07, 6.45) is -4.33. The van der Waals surface area contributed by atoms with Gasteiger partial charge in [-0.25, -0.2) is 8.51 Å². The Morgan fingerprint density at radius 3 is 2.76 bits per heavy atom. The van der Waals surface area contributed by atoms with Crippen molar-refractivity contribution in [3.63, 3.8) is 0 Å². The summed E-state index contributed by atoms with van der Waals surface area (Å²) in [5.74, 6) is 0. The van der Waals surface area contributed by atoms with Crippen LogP contribution in [0.3, 0.4) is 0 Å². The smallest absolute Gasteiger partial charge is 0.388 e. The zero-order valence-corrected chi connectivity index (χ0v) is 9.86. The van der Waals surface area contributed by atoms with Gasteiger partial charge in [0.15, 0.2) is 0 Å². The first-order valence-corrected chi connectivity index (χ1v) is 6.05. The van der Waals surface area contributed by atoms with Crippen molar-refractivity contribution in [1.29, 1.82) is 0 Å². The first-order chi connectivity index (χ1) is 7.90. The molecule has 0 aromatic heterocycles. The maximum atomic E-state index is 12.3. The molecule has 94 valence electrons. The van der Waals surface area contributed by atoms with Gasteiger partial charge in [-0.1, -0.05) is 0 Å². The summed E-state index contributed by atoms with van der Waals surface area (Å²) in [5, 5.41) is 2.89. The zero-order valence-electron chi connectivity index (χ0n) is 9.04. The number of benzene rings is 1. The summed E-state index contributed by atoms with van der Waals surface area (Å²) < 4.78 is 49.5. The Hall–Kier alpha value is -1.08. The van der Waals surface area contributed by atoms with Crippen LogP contribution in [-0.2, 0) is 17.5 Å². The van der Waals surface area contributed by atoms with Crippen LogP contribution in [0.25, 0.3) is 0 Å². The number of nitrogens with one attached hydrogen (secondary N) is 1. The van der Waals surface area contributed by atoms with E-state index in [1.54, 1.807) is 25.2 Å². The van der Waals surface area contributed by atoms with Crippen LogP contribution in [0, 0.1) is 0 Å². The molecule has 0 radical (unpaired) electrons. The van der Waals surface area contributed by atoms with Gasteiger partial charge in [-0.3, -0.25) is 0 Å². The lowest BCUT2D eigenvalue weighted by Crippen LogP contribution is -2.31. The number of hydrogen-bond acceptors (Lipinski definition) is 2. The number of rotatable bonds is 2. The van der Waals surface area contributed by atoms with Gasteiger partial charge in [-0.05, 0) is 23.8 Å². The highest BCUT2D eigenvalue weighted by atomic mass is 32.2. The van der Waals surface area contributed by atoms with Gasteiger partial charge in [0.2, 0.25) is 0 Å². The van der Waals surface area contributed by atoms with E-state index < -0.39 is 23.7 Å². The van der Waals surface area contributed by atoms with E-state index >= 15 is 0 Å². The molecule has 0 bridgehead atoms. The van der Waals surface area contributed by atoms with E-state index in [-0.39, 0.29) is 6.54 Å². The SMILES string of the molecule is CNc1ccc2c(c1)CN(CC(F)(F)F)S2=O. The van der Waals surface area contributed by atoms with Crippen molar-refractivity contribution in [3.8, 4) is 0 Å². The van der Waals surface area contributed by atoms with Gasteiger partial charge in [-0.15, -0.1) is 0 Å². The molecule has 7 heteroatoms. The normalized spacial score (nSPS) is 20.4. The van der Waals surface area contributed by atoms with E-state index in [9.17, 15) is 17.4 Å². The van der Waals surface area contributed by atoms with E-state index in [1.165, 1.54) is 0 Å². The fraction of sp³-hybridized carbons (Fsp3) is 0.400. The van der Waals surface area contributed by atoms with Crippen LogP contribution >= 0.6 is 0 Å². The Balaban J connectivity index is 2.23. The van der Waals surface area contributed by atoms with Crippen molar-refractivity contribution in [2.75, 3.05) is 18.9 Å². The average molecular weight is 264 g/mol. The second-order valence-corrected chi connectivity index (χ2v) is 5.19. The average Bonchev–Trinajstić information content (AvgIpc) is 2.53. The lowest BCUT2D eigenvalue weighted by molar-refractivity contribution is -0.136. The first-order valence-electron chi connectivity index (χ1n) is 4.95. The lowest BCUT2D eigenvalue weighted by Gasteiger charge is -2.15. The molecule has 1 atom stereocenters. The molecule has 1 unspecified atom stereocenters. The Kier molecular flexibility index (Phi) is 3.13. The number of hydrogen-bond donors (Lipinski definition) is 1. The third kappa shape index (κ3) is 2.61. The van der Waals surface area contributed by atoms with Gasteiger partial charge in [0.25, 0.3) is 0 Å². The summed E-state index contributed by atoms with van der Waals surface area (Å²) in [5.41, 5.74) is 1.48. The van der Waals surface area contributed by atoms with E-state index in [0.717, 1.165) is 9.99 Å². The highest BCUT2D eigenvalue weighted by Gasteiger charge is 2.37. The first kappa shape index (κ1) is 12.4. The standard InChI is InChI=1S/C10H11F3N2OS/c1-14-8-2-3-9-7(4-8)5-15(17(9)16)6-10(11,12)13/h2-4,14H,5-6H2,1H3. The molecule has 0 saturated carbocycles. The van der Waals surface area contributed by atoms with Gasteiger partial charge in [0.05, 0.1) is 4.90 Å². The third-order valence-corrected chi connectivity index (χ3v) is 3.98. The molecule has 0 aliphatic carbocycles. The number of alkyl halides is 3. The molecule has 1 aromatic carbocycles. The predicted octanol–water partition coefficient (Wildman–Crippen LogP) is 2.13. The Morgan fingerprint density at radius 1 is 1.47 bits per heavy atom. The quantitative estimate of drug-likeness (QED) is 0.887. The monoisotopic (exact) mass is 264 g/mol. The van der Waals surface area contributed by atoms with Crippen LogP contribution < -0.4 is 5.32 Å². The highest BCUT2D eigenvalue weighted by molar-refractivity contribution is 7.83. The number of halogens is 3. The zero-order chi connectivity index (χ0) is 12.6. The largest absolute Gasteiger partial charge is 0.402 e. The lowest BCUT2D eigenvalue weighted by atomic mass is 10.2. The Labute approximate surface area is 99.2 Å². The van der Waals surface area contributed by atoms with Gasteiger partial charge in [-0.2, -0.15) is 13.2 Å². The highest BCUT2D eigenvalue weighted by Crippen LogP contribution is 2.31. The van der Waals surface area contributed by atoms with E-state index in [4.69, 9.17) is 0 Å². The van der Waals surface area contributed by atoms with Gasteiger partial charge < -0.3 is 5.32 Å². The van der Waals surface area contributed by atoms with Crippen molar-refractivity contribution >= 4 is 16.7 Å². The number of nitrogens with zero attached hydrogens (tertiary/aromatic N) is 1. The fourth-order valence-corrected chi connectivity index (χ4v) is 3.06. The fourth-order valence-electron chi connectivity index (χ4n) is 1.73. The van der Waals surface area contributed by atoms with Crippen LogP contribution in [0.1, 0.15) is 5.56 Å². The molecule has 1 aliphatic rings. The molecule has 2 rings (SSSR count). The second kappa shape index (κ2) is 4.30. The van der Waals surface area contributed by atoms with Gasteiger partial charge in [0.1, 0.15) is 17.5 Å². The molecule has 1 aliphatic heterocycles. The summed E-state index contributed by atoms with van der Waals surface area (Å²) in [6.45, 7) is -1.08.